The molecule has 2 heterocycles. The minimum absolute atomic E-state index is 0.161. The second-order valence-electron chi connectivity index (χ2n) is 4.86. The Morgan fingerprint density at radius 3 is 2.68 bits per heavy atom. The Balaban J connectivity index is 1.58. The van der Waals surface area contributed by atoms with E-state index in [0.717, 1.165) is 17.0 Å². The molecule has 0 atom stereocenters. The summed E-state index contributed by atoms with van der Waals surface area (Å²) in [6.07, 6.45) is 2.45. The van der Waals surface area contributed by atoms with Crippen molar-refractivity contribution in [3.8, 4) is 11.3 Å². The zero-order valence-electron chi connectivity index (χ0n) is 12.0. The van der Waals surface area contributed by atoms with E-state index in [1.54, 1.807) is 12.3 Å². The summed E-state index contributed by atoms with van der Waals surface area (Å²) < 4.78 is 0. The SMILES string of the molecule is O=C(NCCc1ccccn1)c1cc(-c2ccccc2)n[nH]1. The predicted molar refractivity (Wildman–Crippen MR) is 84.3 cm³/mol. The van der Waals surface area contributed by atoms with Crippen LogP contribution in [-0.4, -0.2) is 27.6 Å². The van der Waals surface area contributed by atoms with E-state index in [4.69, 9.17) is 0 Å². The number of hydrogen-bond acceptors (Lipinski definition) is 3. The molecule has 5 heteroatoms. The molecule has 0 saturated carbocycles. The standard InChI is InChI=1S/C17H16N4O/c22-17(19-11-9-14-8-4-5-10-18-14)16-12-15(20-21-16)13-6-2-1-3-7-13/h1-8,10,12H,9,11H2,(H,19,22)(H,20,21). The predicted octanol–water partition coefficient (Wildman–Crippen LogP) is 2.44. The first-order valence-corrected chi connectivity index (χ1v) is 7.12. The largest absolute Gasteiger partial charge is 0.350 e. The Labute approximate surface area is 128 Å². The number of aromatic amines is 1. The number of carbonyl (C=O) groups excluding carboxylic acids is 1. The zero-order valence-corrected chi connectivity index (χ0v) is 12.0. The van der Waals surface area contributed by atoms with E-state index >= 15 is 0 Å². The van der Waals surface area contributed by atoms with Crippen LogP contribution in [0.25, 0.3) is 11.3 Å². The smallest absolute Gasteiger partial charge is 0.269 e. The van der Waals surface area contributed by atoms with E-state index in [9.17, 15) is 4.79 Å². The molecule has 0 aliphatic heterocycles. The quantitative estimate of drug-likeness (QED) is 0.759. The van der Waals surface area contributed by atoms with E-state index in [0.29, 0.717) is 18.7 Å². The van der Waals surface area contributed by atoms with Gasteiger partial charge in [-0.3, -0.25) is 14.9 Å². The molecule has 0 bridgehead atoms. The number of hydrogen-bond donors (Lipinski definition) is 2. The van der Waals surface area contributed by atoms with Crippen LogP contribution in [-0.2, 0) is 6.42 Å². The van der Waals surface area contributed by atoms with Gasteiger partial charge in [-0.25, -0.2) is 0 Å². The van der Waals surface area contributed by atoms with Crippen LogP contribution in [0.1, 0.15) is 16.2 Å². The van der Waals surface area contributed by atoms with Crippen LogP contribution in [0.2, 0.25) is 0 Å². The third-order valence-electron chi connectivity index (χ3n) is 3.28. The van der Waals surface area contributed by atoms with Crippen molar-refractivity contribution in [3.63, 3.8) is 0 Å². The maximum atomic E-state index is 12.1. The second-order valence-corrected chi connectivity index (χ2v) is 4.86. The van der Waals surface area contributed by atoms with Gasteiger partial charge in [-0.1, -0.05) is 36.4 Å². The van der Waals surface area contributed by atoms with E-state index in [-0.39, 0.29) is 5.91 Å². The van der Waals surface area contributed by atoms with E-state index in [1.807, 2.05) is 48.5 Å². The number of benzene rings is 1. The fraction of sp³-hybridized carbons (Fsp3) is 0.118. The first-order chi connectivity index (χ1) is 10.8. The van der Waals surface area contributed by atoms with Crippen molar-refractivity contribution < 1.29 is 4.79 Å². The van der Waals surface area contributed by atoms with Crippen LogP contribution in [0.15, 0.2) is 60.8 Å². The molecule has 2 aromatic heterocycles. The highest BCUT2D eigenvalue weighted by molar-refractivity contribution is 5.93. The van der Waals surface area contributed by atoms with Crippen molar-refractivity contribution in [2.24, 2.45) is 0 Å². The lowest BCUT2D eigenvalue weighted by Gasteiger charge is -2.02. The molecule has 22 heavy (non-hydrogen) atoms. The van der Waals surface area contributed by atoms with Crippen molar-refractivity contribution in [3.05, 3.63) is 72.2 Å². The average Bonchev–Trinajstić information content (AvgIpc) is 3.07. The molecular weight excluding hydrogens is 276 g/mol. The van der Waals surface area contributed by atoms with Crippen LogP contribution < -0.4 is 5.32 Å². The monoisotopic (exact) mass is 292 g/mol. The topological polar surface area (TPSA) is 70.7 Å². The lowest BCUT2D eigenvalue weighted by Crippen LogP contribution is -2.26. The van der Waals surface area contributed by atoms with Gasteiger partial charge in [0, 0.05) is 30.4 Å². The summed E-state index contributed by atoms with van der Waals surface area (Å²) in [5.74, 6) is -0.161. The van der Waals surface area contributed by atoms with Crippen molar-refractivity contribution in [1.82, 2.24) is 20.5 Å². The van der Waals surface area contributed by atoms with Gasteiger partial charge in [0.1, 0.15) is 5.69 Å². The van der Waals surface area contributed by atoms with Crippen molar-refractivity contribution in [2.75, 3.05) is 6.54 Å². The normalized spacial score (nSPS) is 10.4. The van der Waals surface area contributed by atoms with Crippen molar-refractivity contribution in [2.45, 2.75) is 6.42 Å². The summed E-state index contributed by atoms with van der Waals surface area (Å²) in [7, 11) is 0. The minimum atomic E-state index is -0.161. The molecule has 0 unspecified atom stereocenters. The molecule has 3 aromatic rings. The minimum Gasteiger partial charge on any atom is -0.350 e. The number of carbonyl (C=O) groups is 1. The van der Waals surface area contributed by atoms with Crippen LogP contribution in [0.4, 0.5) is 0 Å². The molecular formula is C17H16N4O. The lowest BCUT2D eigenvalue weighted by molar-refractivity contribution is 0.0949. The number of nitrogens with one attached hydrogen (secondary N) is 2. The Morgan fingerprint density at radius 2 is 1.91 bits per heavy atom. The van der Waals surface area contributed by atoms with Gasteiger partial charge in [0.15, 0.2) is 0 Å². The van der Waals surface area contributed by atoms with E-state index in [1.165, 1.54) is 0 Å². The molecule has 0 spiro atoms. The molecule has 0 aliphatic carbocycles. The summed E-state index contributed by atoms with van der Waals surface area (Å²) >= 11 is 0. The molecule has 5 nitrogen and oxygen atoms in total. The van der Waals surface area contributed by atoms with Crippen molar-refractivity contribution >= 4 is 5.91 Å². The van der Waals surface area contributed by atoms with Crippen LogP contribution >= 0.6 is 0 Å². The molecule has 0 fully saturated rings. The zero-order chi connectivity index (χ0) is 15.2. The average molecular weight is 292 g/mol. The summed E-state index contributed by atoms with van der Waals surface area (Å²) in [6.45, 7) is 0.537. The molecule has 1 aromatic carbocycles. The van der Waals surface area contributed by atoms with Crippen molar-refractivity contribution in [1.29, 1.82) is 0 Å². The van der Waals surface area contributed by atoms with Gasteiger partial charge >= 0.3 is 0 Å². The summed E-state index contributed by atoms with van der Waals surface area (Å²) in [6, 6.07) is 17.2. The highest BCUT2D eigenvalue weighted by Crippen LogP contribution is 2.16. The Kier molecular flexibility index (Phi) is 4.25. The van der Waals surface area contributed by atoms with Gasteiger partial charge in [-0.15, -0.1) is 0 Å². The fourth-order valence-corrected chi connectivity index (χ4v) is 2.14. The number of pyridine rings is 1. The molecule has 0 radical (unpaired) electrons. The number of aromatic nitrogens is 3. The fourth-order valence-electron chi connectivity index (χ4n) is 2.14. The number of nitrogens with zero attached hydrogens (tertiary/aromatic N) is 2. The lowest BCUT2D eigenvalue weighted by atomic mass is 10.1. The first kappa shape index (κ1) is 14.0. The van der Waals surface area contributed by atoms with Gasteiger partial charge in [0.2, 0.25) is 0 Å². The molecule has 0 aliphatic rings. The van der Waals surface area contributed by atoms with Gasteiger partial charge in [-0.2, -0.15) is 5.10 Å². The van der Waals surface area contributed by atoms with Gasteiger partial charge in [0.05, 0.1) is 5.69 Å². The van der Waals surface area contributed by atoms with Gasteiger partial charge < -0.3 is 5.32 Å². The summed E-state index contributed by atoms with van der Waals surface area (Å²) in [5.41, 5.74) is 3.15. The Hall–Kier alpha value is -2.95. The van der Waals surface area contributed by atoms with Gasteiger partial charge in [-0.05, 0) is 18.2 Å². The van der Waals surface area contributed by atoms with Gasteiger partial charge in [0.25, 0.3) is 5.91 Å². The Morgan fingerprint density at radius 1 is 1.09 bits per heavy atom. The van der Waals surface area contributed by atoms with Crippen LogP contribution in [0.5, 0.6) is 0 Å². The molecule has 110 valence electrons. The number of rotatable bonds is 5. The third-order valence-corrected chi connectivity index (χ3v) is 3.28. The highest BCUT2D eigenvalue weighted by atomic mass is 16.1. The maximum Gasteiger partial charge on any atom is 0.269 e. The number of amides is 1. The Bertz CT molecular complexity index is 738. The summed E-state index contributed by atoms with van der Waals surface area (Å²) in [4.78, 5) is 16.3. The number of H-pyrrole nitrogens is 1. The van der Waals surface area contributed by atoms with Crippen LogP contribution in [0, 0.1) is 0 Å². The molecule has 1 amide bonds. The van der Waals surface area contributed by atoms with E-state index in [2.05, 4.69) is 20.5 Å². The molecule has 0 saturated heterocycles. The van der Waals surface area contributed by atoms with E-state index < -0.39 is 0 Å². The first-order valence-electron chi connectivity index (χ1n) is 7.12. The molecule has 3 rings (SSSR count). The maximum absolute atomic E-state index is 12.1. The summed E-state index contributed by atoms with van der Waals surface area (Å²) in [5, 5.41) is 9.81. The third kappa shape index (κ3) is 3.38. The molecule has 2 N–H and O–H groups in total. The second kappa shape index (κ2) is 6.67. The highest BCUT2D eigenvalue weighted by Gasteiger charge is 2.10. The van der Waals surface area contributed by atoms with Crippen LogP contribution in [0.3, 0.4) is 0 Å².